The third-order valence-corrected chi connectivity index (χ3v) is 5.54. The third kappa shape index (κ3) is 3.05. The number of carboxylic acids is 1. The molecule has 138 valence electrons. The molecule has 2 aromatic rings. The van der Waals surface area contributed by atoms with E-state index in [1.165, 1.54) is 0 Å². The van der Waals surface area contributed by atoms with Gasteiger partial charge in [0.1, 0.15) is 5.52 Å². The molecule has 1 N–H and O–H groups in total. The van der Waals surface area contributed by atoms with E-state index >= 15 is 0 Å². The number of hydrogen-bond donors (Lipinski definition) is 1. The largest absolute Gasteiger partial charge is 0.479 e. The van der Waals surface area contributed by atoms with Crippen LogP contribution in [0.3, 0.4) is 0 Å². The first-order valence-corrected chi connectivity index (χ1v) is 9.00. The predicted molar refractivity (Wildman–Crippen MR) is 92.7 cm³/mol. The molecule has 2 saturated heterocycles. The first kappa shape index (κ1) is 17.0. The molecule has 2 fully saturated rings. The van der Waals surface area contributed by atoms with Crippen molar-refractivity contribution in [2.75, 3.05) is 13.1 Å². The molecule has 1 aromatic heterocycles. The molecule has 0 aliphatic carbocycles. The maximum atomic E-state index is 12.8. The summed E-state index contributed by atoms with van der Waals surface area (Å²) in [6.07, 6.45) is 2.39. The fourth-order valence-corrected chi connectivity index (χ4v) is 4.02. The van der Waals surface area contributed by atoms with Crippen molar-refractivity contribution in [3.8, 4) is 0 Å². The molecule has 2 atom stereocenters. The summed E-state index contributed by atoms with van der Waals surface area (Å²) in [5.74, 6) is -0.544. The lowest BCUT2D eigenvalue weighted by Crippen LogP contribution is -2.41. The Morgan fingerprint density at radius 2 is 1.96 bits per heavy atom. The van der Waals surface area contributed by atoms with Gasteiger partial charge in [0, 0.05) is 25.7 Å². The number of carbonyl (C=O) groups is 2. The van der Waals surface area contributed by atoms with E-state index in [1.54, 1.807) is 10.7 Å². The van der Waals surface area contributed by atoms with Crippen molar-refractivity contribution in [1.82, 2.24) is 19.9 Å². The number of aryl methyl sites for hydroxylation is 1. The van der Waals surface area contributed by atoms with Crippen LogP contribution >= 0.6 is 0 Å². The minimum atomic E-state index is -0.875. The van der Waals surface area contributed by atoms with Crippen molar-refractivity contribution in [2.45, 2.75) is 37.9 Å². The van der Waals surface area contributed by atoms with Crippen LogP contribution < -0.4 is 0 Å². The second-order valence-electron chi connectivity index (χ2n) is 7.12. The minimum absolute atomic E-state index is 0.00398. The number of benzene rings is 1. The van der Waals surface area contributed by atoms with Gasteiger partial charge in [-0.15, -0.1) is 5.10 Å². The van der Waals surface area contributed by atoms with Gasteiger partial charge in [-0.25, -0.2) is 9.48 Å². The van der Waals surface area contributed by atoms with Crippen molar-refractivity contribution in [1.29, 1.82) is 0 Å². The number of carbonyl (C=O) groups excluding carboxylic acids is 1. The quantitative estimate of drug-likeness (QED) is 0.892. The van der Waals surface area contributed by atoms with E-state index < -0.39 is 12.1 Å². The predicted octanol–water partition coefficient (Wildman–Crippen LogP) is 1.45. The lowest BCUT2D eigenvalue weighted by Gasteiger charge is -2.34. The molecule has 3 heterocycles. The van der Waals surface area contributed by atoms with E-state index in [9.17, 15) is 9.59 Å². The van der Waals surface area contributed by atoms with Gasteiger partial charge < -0.3 is 14.7 Å². The first-order chi connectivity index (χ1) is 12.5. The average molecular weight is 358 g/mol. The van der Waals surface area contributed by atoms with Crippen LogP contribution in [0.1, 0.15) is 36.0 Å². The molecule has 26 heavy (non-hydrogen) atoms. The maximum Gasteiger partial charge on any atom is 0.332 e. The van der Waals surface area contributed by atoms with Crippen LogP contribution in [0.4, 0.5) is 0 Å². The molecule has 1 aromatic carbocycles. The number of piperidine rings is 1. The molecular weight excluding hydrogens is 336 g/mol. The Balaban J connectivity index is 1.38. The van der Waals surface area contributed by atoms with Gasteiger partial charge in [0.05, 0.1) is 11.6 Å². The number of aromatic nitrogens is 3. The summed E-state index contributed by atoms with van der Waals surface area (Å²) in [6, 6.07) is 5.47. The van der Waals surface area contributed by atoms with Crippen LogP contribution in [0.15, 0.2) is 18.2 Å². The molecule has 0 unspecified atom stereocenters. The highest BCUT2D eigenvalue weighted by Crippen LogP contribution is 2.32. The monoisotopic (exact) mass is 358 g/mol. The van der Waals surface area contributed by atoms with Crippen LogP contribution in [-0.2, 0) is 16.6 Å². The zero-order chi connectivity index (χ0) is 18.3. The standard InChI is InChI=1S/C18H22N4O4/c1-21-14-3-2-12(10-13(14)19-20-21)17(23)22-8-6-11(7-9-22)15-4-5-16(26-15)18(24)25/h2-3,10-11,15-16H,4-9H2,1H3,(H,24,25)/t15-,16+/m0/s1. The average Bonchev–Trinajstić information content (AvgIpc) is 3.29. The highest BCUT2D eigenvalue weighted by molar-refractivity contribution is 5.97. The Hall–Kier alpha value is -2.48. The van der Waals surface area contributed by atoms with Crippen molar-refractivity contribution >= 4 is 22.9 Å². The summed E-state index contributed by atoms with van der Waals surface area (Å²) in [4.78, 5) is 25.7. The molecule has 1 amide bonds. The molecule has 8 nitrogen and oxygen atoms in total. The number of aliphatic carboxylic acids is 1. The topological polar surface area (TPSA) is 97.6 Å². The SMILES string of the molecule is Cn1nnc2cc(C(=O)N3CCC([C@@H]4CC[C@H](C(=O)O)O4)CC3)ccc21. The molecule has 0 saturated carbocycles. The molecule has 0 bridgehead atoms. The summed E-state index contributed by atoms with van der Waals surface area (Å²) in [5.41, 5.74) is 2.23. The summed E-state index contributed by atoms with van der Waals surface area (Å²) in [5, 5.41) is 17.1. The number of hydrogen-bond acceptors (Lipinski definition) is 5. The Bertz CT molecular complexity index is 841. The van der Waals surface area contributed by atoms with E-state index in [0.29, 0.717) is 36.5 Å². The lowest BCUT2D eigenvalue weighted by molar-refractivity contribution is -0.150. The number of fused-ring (bicyclic) bond motifs is 1. The lowest BCUT2D eigenvalue weighted by atomic mass is 9.89. The van der Waals surface area contributed by atoms with Crippen LogP contribution in [-0.4, -0.2) is 62.2 Å². The molecule has 0 spiro atoms. The smallest absolute Gasteiger partial charge is 0.332 e. The molecule has 4 rings (SSSR count). The molecular formula is C18H22N4O4. The van der Waals surface area contributed by atoms with E-state index in [4.69, 9.17) is 9.84 Å². The van der Waals surface area contributed by atoms with Crippen molar-refractivity contribution < 1.29 is 19.4 Å². The number of carboxylic acid groups (broad SMARTS) is 1. The fraction of sp³-hybridized carbons (Fsp3) is 0.556. The third-order valence-electron chi connectivity index (χ3n) is 5.54. The summed E-state index contributed by atoms with van der Waals surface area (Å²) < 4.78 is 7.35. The summed E-state index contributed by atoms with van der Waals surface area (Å²) in [6.45, 7) is 1.33. The van der Waals surface area contributed by atoms with Gasteiger partial charge >= 0.3 is 5.97 Å². The van der Waals surface area contributed by atoms with Gasteiger partial charge in [-0.3, -0.25) is 4.79 Å². The van der Waals surface area contributed by atoms with Crippen molar-refractivity contribution in [2.24, 2.45) is 13.0 Å². The second kappa shape index (κ2) is 6.68. The molecule has 2 aliphatic rings. The first-order valence-electron chi connectivity index (χ1n) is 9.00. The van der Waals surface area contributed by atoms with E-state index in [0.717, 1.165) is 24.8 Å². The molecule has 0 radical (unpaired) electrons. The van der Waals surface area contributed by atoms with Crippen LogP contribution in [0, 0.1) is 5.92 Å². The van der Waals surface area contributed by atoms with E-state index in [-0.39, 0.29) is 12.0 Å². The van der Waals surface area contributed by atoms with Crippen LogP contribution in [0.2, 0.25) is 0 Å². The molecule has 8 heteroatoms. The number of amides is 1. The number of nitrogens with zero attached hydrogens (tertiary/aromatic N) is 4. The highest BCUT2D eigenvalue weighted by Gasteiger charge is 2.37. The van der Waals surface area contributed by atoms with Crippen molar-refractivity contribution in [3.63, 3.8) is 0 Å². The number of likely N-dealkylation sites (tertiary alicyclic amines) is 1. The van der Waals surface area contributed by atoms with Gasteiger partial charge in [-0.1, -0.05) is 5.21 Å². The van der Waals surface area contributed by atoms with Gasteiger partial charge in [0.15, 0.2) is 6.10 Å². The Morgan fingerprint density at radius 3 is 2.65 bits per heavy atom. The normalized spacial score (nSPS) is 24.3. The maximum absolute atomic E-state index is 12.8. The van der Waals surface area contributed by atoms with Crippen LogP contribution in [0.25, 0.3) is 11.0 Å². The Morgan fingerprint density at radius 1 is 1.19 bits per heavy atom. The van der Waals surface area contributed by atoms with E-state index in [1.807, 2.05) is 24.1 Å². The summed E-state index contributed by atoms with van der Waals surface area (Å²) in [7, 11) is 1.82. The second-order valence-corrected chi connectivity index (χ2v) is 7.12. The van der Waals surface area contributed by atoms with Gasteiger partial charge in [-0.2, -0.15) is 0 Å². The number of rotatable bonds is 3. The Labute approximate surface area is 150 Å². The van der Waals surface area contributed by atoms with E-state index in [2.05, 4.69) is 10.3 Å². The van der Waals surface area contributed by atoms with Gasteiger partial charge in [-0.05, 0) is 49.8 Å². The van der Waals surface area contributed by atoms with Crippen molar-refractivity contribution in [3.05, 3.63) is 23.8 Å². The minimum Gasteiger partial charge on any atom is -0.479 e. The van der Waals surface area contributed by atoms with Gasteiger partial charge in [0.2, 0.25) is 0 Å². The van der Waals surface area contributed by atoms with Crippen LogP contribution in [0.5, 0.6) is 0 Å². The number of ether oxygens (including phenoxy) is 1. The summed E-state index contributed by atoms with van der Waals surface area (Å²) >= 11 is 0. The Kier molecular flexibility index (Phi) is 4.36. The zero-order valence-electron chi connectivity index (χ0n) is 14.7. The van der Waals surface area contributed by atoms with Gasteiger partial charge in [0.25, 0.3) is 5.91 Å². The zero-order valence-corrected chi connectivity index (χ0v) is 14.7. The highest BCUT2D eigenvalue weighted by atomic mass is 16.5. The fourth-order valence-electron chi connectivity index (χ4n) is 4.02. The molecule has 2 aliphatic heterocycles.